The summed E-state index contributed by atoms with van der Waals surface area (Å²) in [6.45, 7) is 5.65. The van der Waals surface area contributed by atoms with Crippen LogP contribution in [0.4, 0.5) is 4.39 Å². The van der Waals surface area contributed by atoms with Gasteiger partial charge < -0.3 is 10.3 Å². The molecule has 0 atom stereocenters. The van der Waals surface area contributed by atoms with Gasteiger partial charge in [0.15, 0.2) is 0 Å². The lowest BCUT2D eigenvalue weighted by molar-refractivity contribution is 0.0938. The van der Waals surface area contributed by atoms with Crippen LogP contribution in [0.2, 0.25) is 0 Å². The number of amides is 1. The summed E-state index contributed by atoms with van der Waals surface area (Å²) in [5.41, 5.74) is 1.99. The molecule has 3 nitrogen and oxygen atoms in total. The Kier molecular flexibility index (Phi) is 2.88. The number of aromatic nitrogens is 1. The zero-order valence-electron chi connectivity index (χ0n) is 10.1. The minimum absolute atomic E-state index is 0.0741. The van der Waals surface area contributed by atoms with Crippen molar-refractivity contribution in [2.24, 2.45) is 0 Å². The third-order valence-corrected chi connectivity index (χ3v) is 2.67. The van der Waals surface area contributed by atoms with Crippen molar-refractivity contribution in [1.29, 1.82) is 0 Å². The quantitative estimate of drug-likeness (QED) is 0.824. The summed E-state index contributed by atoms with van der Waals surface area (Å²) in [5, 5.41) is 3.69. The van der Waals surface area contributed by atoms with Crippen LogP contribution < -0.4 is 5.32 Å². The van der Waals surface area contributed by atoms with E-state index >= 15 is 0 Å². The van der Waals surface area contributed by atoms with E-state index < -0.39 is 0 Å². The summed E-state index contributed by atoms with van der Waals surface area (Å²) < 4.78 is 13.1. The molecular weight excluding hydrogens is 219 g/mol. The standard InChI is InChI=1S/C13H15FN2O/c1-7(2)15-13(17)12-8(3)10-5-4-9(14)6-11(10)16-12/h4-7,16H,1-3H3,(H,15,17). The first-order chi connectivity index (χ1) is 7.99. The second-order valence-corrected chi connectivity index (χ2v) is 4.44. The second kappa shape index (κ2) is 4.20. The van der Waals surface area contributed by atoms with Crippen molar-refractivity contribution in [3.8, 4) is 0 Å². The van der Waals surface area contributed by atoms with Gasteiger partial charge >= 0.3 is 0 Å². The molecule has 0 unspecified atom stereocenters. The van der Waals surface area contributed by atoms with Crippen LogP contribution in [0.5, 0.6) is 0 Å². The number of hydrogen-bond donors (Lipinski definition) is 2. The molecule has 17 heavy (non-hydrogen) atoms. The lowest BCUT2D eigenvalue weighted by atomic mass is 10.1. The van der Waals surface area contributed by atoms with E-state index in [1.165, 1.54) is 12.1 Å². The number of halogens is 1. The molecule has 0 aliphatic carbocycles. The zero-order chi connectivity index (χ0) is 12.6. The van der Waals surface area contributed by atoms with Gasteiger partial charge in [0.25, 0.3) is 5.91 Å². The van der Waals surface area contributed by atoms with Gasteiger partial charge in [-0.25, -0.2) is 4.39 Å². The van der Waals surface area contributed by atoms with E-state index in [1.54, 1.807) is 6.07 Å². The summed E-state index contributed by atoms with van der Waals surface area (Å²) in [6, 6.07) is 4.55. The molecule has 1 aromatic carbocycles. The van der Waals surface area contributed by atoms with Crippen molar-refractivity contribution in [1.82, 2.24) is 10.3 Å². The van der Waals surface area contributed by atoms with Gasteiger partial charge in [-0.05, 0) is 44.5 Å². The van der Waals surface area contributed by atoms with Crippen molar-refractivity contribution >= 4 is 16.8 Å². The van der Waals surface area contributed by atoms with Crippen molar-refractivity contribution in [2.75, 3.05) is 0 Å². The van der Waals surface area contributed by atoms with Crippen LogP contribution in [-0.2, 0) is 0 Å². The number of nitrogens with one attached hydrogen (secondary N) is 2. The van der Waals surface area contributed by atoms with E-state index in [2.05, 4.69) is 10.3 Å². The third kappa shape index (κ3) is 2.16. The molecule has 2 aromatic rings. The van der Waals surface area contributed by atoms with Crippen molar-refractivity contribution in [2.45, 2.75) is 26.8 Å². The maximum atomic E-state index is 13.1. The normalized spacial score (nSPS) is 11.1. The van der Waals surface area contributed by atoms with E-state index in [9.17, 15) is 9.18 Å². The van der Waals surface area contributed by atoms with E-state index in [0.717, 1.165) is 10.9 Å². The Bertz CT molecular complexity index is 572. The van der Waals surface area contributed by atoms with Crippen LogP contribution in [0.1, 0.15) is 29.9 Å². The van der Waals surface area contributed by atoms with Gasteiger partial charge in [0.05, 0.1) is 0 Å². The summed E-state index contributed by atoms with van der Waals surface area (Å²) in [4.78, 5) is 14.9. The van der Waals surface area contributed by atoms with E-state index in [4.69, 9.17) is 0 Å². The molecule has 1 aromatic heterocycles. The third-order valence-electron chi connectivity index (χ3n) is 2.67. The molecular formula is C13H15FN2O. The predicted octanol–water partition coefficient (Wildman–Crippen LogP) is 2.75. The number of aryl methyl sites for hydroxylation is 1. The van der Waals surface area contributed by atoms with Crippen molar-refractivity contribution < 1.29 is 9.18 Å². The van der Waals surface area contributed by atoms with Crippen LogP contribution in [0, 0.1) is 12.7 Å². The minimum Gasteiger partial charge on any atom is -0.350 e. The molecule has 0 aliphatic rings. The monoisotopic (exact) mass is 234 g/mol. The van der Waals surface area contributed by atoms with Crippen LogP contribution in [0.3, 0.4) is 0 Å². The molecule has 0 aliphatic heterocycles. The van der Waals surface area contributed by atoms with Gasteiger partial charge in [0, 0.05) is 16.9 Å². The average molecular weight is 234 g/mol. The van der Waals surface area contributed by atoms with E-state index in [-0.39, 0.29) is 17.8 Å². The molecule has 0 bridgehead atoms. The Labute approximate surface area is 99.0 Å². The number of fused-ring (bicyclic) bond motifs is 1. The first-order valence-corrected chi connectivity index (χ1v) is 5.57. The van der Waals surface area contributed by atoms with E-state index in [1.807, 2.05) is 20.8 Å². The molecule has 2 N–H and O–H groups in total. The molecule has 0 saturated carbocycles. The van der Waals surface area contributed by atoms with Gasteiger partial charge in [-0.15, -0.1) is 0 Å². The SMILES string of the molecule is Cc1c(C(=O)NC(C)C)[nH]c2cc(F)ccc12. The number of carbonyl (C=O) groups is 1. The highest BCUT2D eigenvalue weighted by Gasteiger charge is 2.15. The van der Waals surface area contributed by atoms with Gasteiger partial charge in [-0.1, -0.05) is 0 Å². The molecule has 0 radical (unpaired) electrons. The molecule has 4 heteroatoms. The highest BCUT2D eigenvalue weighted by atomic mass is 19.1. The Morgan fingerprint density at radius 3 is 2.76 bits per heavy atom. The van der Waals surface area contributed by atoms with Crippen LogP contribution in [-0.4, -0.2) is 16.9 Å². The maximum absolute atomic E-state index is 13.1. The summed E-state index contributed by atoms with van der Waals surface area (Å²) in [7, 11) is 0. The number of hydrogen-bond acceptors (Lipinski definition) is 1. The Morgan fingerprint density at radius 1 is 1.41 bits per heavy atom. The number of H-pyrrole nitrogens is 1. The first-order valence-electron chi connectivity index (χ1n) is 5.57. The fraction of sp³-hybridized carbons (Fsp3) is 0.308. The van der Waals surface area contributed by atoms with Crippen LogP contribution in [0.15, 0.2) is 18.2 Å². The number of benzene rings is 1. The van der Waals surface area contributed by atoms with Crippen LogP contribution >= 0.6 is 0 Å². The number of aromatic amines is 1. The zero-order valence-corrected chi connectivity index (χ0v) is 10.1. The molecule has 1 heterocycles. The lowest BCUT2D eigenvalue weighted by Gasteiger charge is -2.07. The highest BCUT2D eigenvalue weighted by molar-refractivity contribution is 6.00. The fourth-order valence-corrected chi connectivity index (χ4v) is 1.87. The van der Waals surface area contributed by atoms with Gasteiger partial charge in [0.2, 0.25) is 0 Å². The molecule has 0 spiro atoms. The first kappa shape index (κ1) is 11.6. The Balaban J connectivity index is 2.48. The smallest absolute Gasteiger partial charge is 0.268 e. The number of rotatable bonds is 2. The highest BCUT2D eigenvalue weighted by Crippen LogP contribution is 2.22. The molecule has 1 amide bonds. The Hall–Kier alpha value is -1.84. The molecule has 2 rings (SSSR count). The second-order valence-electron chi connectivity index (χ2n) is 4.44. The largest absolute Gasteiger partial charge is 0.350 e. The average Bonchev–Trinajstić information content (AvgIpc) is 2.54. The summed E-state index contributed by atoms with van der Waals surface area (Å²) in [5.74, 6) is -0.469. The van der Waals surface area contributed by atoms with Crippen molar-refractivity contribution in [3.63, 3.8) is 0 Å². The molecule has 90 valence electrons. The summed E-state index contributed by atoms with van der Waals surface area (Å²) >= 11 is 0. The van der Waals surface area contributed by atoms with Gasteiger partial charge in [-0.3, -0.25) is 4.79 Å². The van der Waals surface area contributed by atoms with Gasteiger partial charge in [-0.2, -0.15) is 0 Å². The lowest BCUT2D eigenvalue weighted by Crippen LogP contribution is -2.30. The summed E-state index contributed by atoms with van der Waals surface area (Å²) in [6.07, 6.45) is 0. The number of carbonyl (C=O) groups excluding carboxylic acids is 1. The van der Waals surface area contributed by atoms with E-state index in [0.29, 0.717) is 11.2 Å². The minimum atomic E-state index is -0.311. The van der Waals surface area contributed by atoms with Crippen molar-refractivity contribution in [3.05, 3.63) is 35.3 Å². The van der Waals surface area contributed by atoms with Crippen LogP contribution in [0.25, 0.3) is 10.9 Å². The predicted molar refractivity (Wildman–Crippen MR) is 65.6 cm³/mol. The topological polar surface area (TPSA) is 44.9 Å². The fourth-order valence-electron chi connectivity index (χ4n) is 1.87. The Morgan fingerprint density at radius 2 is 2.12 bits per heavy atom. The molecule has 0 fully saturated rings. The maximum Gasteiger partial charge on any atom is 0.268 e. The molecule has 0 saturated heterocycles. The van der Waals surface area contributed by atoms with Gasteiger partial charge in [0.1, 0.15) is 11.5 Å².